The number of aromatic hydroxyl groups is 1. The summed E-state index contributed by atoms with van der Waals surface area (Å²) in [6.45, 7) is 19.4. The summed E-state index contributed by atoms with van der Waals surface area (Å²) in [6.07, 6.45) is 1.28. The zero-order valence-electron chi connectivity index (χ0n) is 79.0. The normalized spacial score (nSPS) is 18.8. The molecule has 6 rings (SSSR count). The van der Waals surface area contributed by atoms with Gasteiger partial charge in [0.15, 0.2) is 5.96 Å². The van der Waals surface area contributed by atoms with Crippen LogP contribution >= 0.6 is 0 Å². The van der Waals surface area contributed by atoms with E-state index in [4.69, 9.17) is 28.3 Å². The number of phenols is 1. The molecule has 24 N–H and O–H groups in total. The number of amides is 18. The molecule has 742 valence electrons. The summed E-state index contributed by atoms with van der Waals surface area (Å²) >= 11 is 0. The van der Waals surface area contributed by atoms with E-state index in [9.17, 15) is 96.5 Å². The monoisotopic (exact) mass is 1880 g/mol. The number of hydrogen-bond acceptors (Lipinski definition) is 22. The number of carboxylic acid groups (broad SMARTS) is 1. The van der Waals surface area contributed by atoms with Crippen LogP contribution in [0.4, 0.5) is 0 Å². The molecule has 4 heterocycles. The van der Waals surface area contributed by atoms with Crippen molar-refractivity contribution in [2.45, 2.75) is 296 Å². The largest absolute Gasteiger partial charge is 0.508 e. The highest BCUT2D eigenvalue weighted by Gasteiger charge is 2.46. The maximum atomic E-state index is 15.0. The Kier molecular flexibility index (Phi) is 43.8. The number of hydrogen-bond donors (Lipinski definition) is 20. The summed E-state index contributed by atoms with van der Waals surface area (Å²) in [5.41, 5.74) is 23.9. The third kappa shape index (κ3) is 33.2. The van der Waals surface area contributed by atoms with Crippen LogP contribution in [0.1, 0.15) is 203 Å². The fourth-order valence-corrected chi connectivity index (χ4v) is 16.6. The first-order chi connectivity index (χ1) is 63.3. The van der Waals surface area contributed by atoms with Crippen molar-refractivity contribution < 1.29 is 101 Å². The number of nitrogens with zero attached hydrogens (tertiary/aromatic N) is 4. The molecule has 0 unspecified atom stereocenters. The van der Waals surface area contributed by atoms with Gasteiger partial charge in [-0.05, 0) is 149 Å². The van der Waals surface area contributed by atoms with Gasteiger partial charge in [0, 0.05) is 52.0 Å². The summed E-state index contributed by atoms with van der Waals surface area (Å²) in [5, 5.41) is 62.0. The summed E-state index contributed by atoms with van der Waals surface area (Å²) in [7, 11) is 0. The van der Waals surface area contributed by atoms with Gasteiger partial charge >= 0.3 is 5.97 Å². The standard InChI is InChI=1S/C91H142N22O21/c1-13-52(11)74(87(130)109-75(53(12)14-2)86(129)107-73(51(9)10)90(133)134)108-83(126)66-29-22-42-113(66)89(132)62(45-54-23-16-15-17-24-54)104-80(123)63-26-19-39-110(63)69(117)46-98-77(120)58(25-18-38-97-91(95)96)101-84(127)71(49(5)6)105-81(124)64-27-20-40-111(64)70(118)47-99-78(121)61(43-48(3)4)103-85(128)72(50(7)8)106-82(125)65-28-21-41-112(65)88(131)60(35-37-68(94)116)102-79(122)59(34-36-67(93)115)100-76(119)57(92)44-55-30-32-56(114)33-31-55/h15-17,23-24,30-33,48-53,57-66,71-75,114H,13-14,18-22,25-29,34-47,92H2,1-12H3,(H2,93,115)(H2,94,116)(H,98,120)(H,99,121)(H,100,119)(H,101,127)(H,102,122)(H,103,128)(H,104,123)(H,105,124)(H,106,125)(H,107,129)(H,108,126)(H,109,130)(H,133,134)(H4,95,96,97)/t52-,53-,57-,58-,59-,60-,61-,62-,63-,64-,65-,66-,71-,72-,73-,74-,75-/m0/s1. The van der Waals surface area contributed by atoms with Crippen LogP contribution in [0, 0.1) is 40.9 Å². The van der Waals surface area contributed by atoms with E-state index in [1.807, 2.05) is 13.8 Å². The molecule has 2 aromatic rings. The van der Waals surface area contributed by atoms with Gasteiger partial charge in [-0.1, -0.05) is 138 Å². The molecule has 0 aromatic heterocycles. The van der Waals surface area contributed by atoms with Gasteiger partial charge in [-0.25, -0.2) is 4.79 Å². The quantitative estimate of drug-likeness (QED) is 0.0185. The molecule has 0 aliphatic carbocycles. The molecule has 18 amide bonds. The molecule has 0 radical (unpaired) electrons. The van der Waals surface area contributed by atoms with E-state index >= 15 is 4.79 Å². The van der Waals surface area contributed by atoms with E-state index in [1.54, 1.807) is 112 Å². The highest BCUT2D eigenvalue weighted by atomic mass is 16.4. The average Bonchev–Trinajstić information content (AvgIpc) is 1.63. The fraction of sp³-hybridized carbons (Fsp3) is 0.648. The van der Waals surface area contributed by atoms with E-state index < -0.39 is 252 Å². The average molecular weight is 1880 g/mol. The number of carbonyl (C=O) groups is 19. The van der Waals surface area contributed by atoms with Crippen molar-refractivity contribution in [3.63, 3.8) is 0 Å². The van der Waals surface area contributed by atoms with Crippen LogP contribution in [-0.4, -0.2) is 285 Å². The van der Waals surface area contributed by atoms with Gasteiger partial charge in [0.05, 0.1) is 19.1 Å². The molecule has 4 aliphatic rings. The van der Waals surface area contributed by atoms with E-state index in [1.165, 1.54) is 31.7 Å². The maximum Gasteiger partial charge on any atom is 0.326 e. The molecule has 4 fully saturated rings. The van der Waals surface area contributed by atoms with Crippen LogP contribution in [-0.2, 0) is 104 Å². The lowest BCUT2D eigenvalue weighted by molar-refractivity contribution is -0.144. The number of carbonyl (C=O) groups excluding carboxylic acids is 18. The van der Waals surface area contributed by atoms with Crippen molar-refractivity contribution in [2.24, 2.45) is 58.4 Å². The Balaban J connectivity index is 1.08. The highest BCUT2D eigenvalue weighted by molar-refractivity contribution is 6.02. The van der Waals surface area contributed by atoms with Crippen LogP contribution < -0.4 is 92.1 Å². The summed E-state index contributed by atoms with van der Waals surface area (Å²) < 4.78 is 0. The Morgan fingerprint density at radius 3 is 1.22 bits per heavy atom. The number of nitrogens with two attached hydrogens (primary N) is 4. The lowest BCUT2D eigenvalue weighted by atomic mass is 9.94. The molecule has 4 saturated heterocycles. The molecule has 4 aliphatic heterocycles. The van der Waals surface area contributed by atoms with Crippen molar-refractivity contribution in [2.75, 3.05) is 45.8 Å². The molecule has 2 aromatic carbocycles. The van der Waals surface area contributed by atoms with Gasteiger partial charge in [0.1, 0.15) is 90.3 Å². The van der Waals surface area contributed by atoms with Crippen LogP contribution in [0.3, 0.4) is 0 Å². The summed E-state index contributed by atoms with van der Waals surface area (Å²) in [5.74, 6) is -18.4. The van der Waals surface area contributed by atoms with Crippen LogP contribution in [0.2, 0.25) is 0 Å². The predicted molar refractivity (Wildman–Crippen MR) is 491 cm³/mol. The highest BCUT2D eigenvalue weighted by Crippen LogP contribution is 2.27. The number of carboxylic acids is 1. The Labute approximate surface area is 781 Å². The van der Waals surface area contributed by atoms with Gasteiger partial charge in [-0.2, -0.15) is 0 Å². The second-order valence-corrected chi connectivity index (χ2v) is 36.7. The molecular formula is C91H142N22O21. The fourth-order valence-electron chi connectivity index (χ4n) is 16.6. The number of phenolic OH excluding ortho intramolecular Hbond substituents is 1. The number of aliphatic carboxylic acids is 1. The second kappa shape index (κ2) is 53.3. The number of benzene rings is 2. The lowest BCUT2D eigenvalue weighted by Crippen LogP contribution is -2.61. The number of rotatable bonds is 52. The predicted octanol–water partition coefficient (Wildman–Crippen LogP) is -2.47. The van der Waals surface area contributed by atoms with Crippen molar-refractivity contribution in [1.82, 2.24) is 88.7 Å². The number of likely N-dealkylation sites (tertiary alicyclic amines) is 4. The topological polar surface area (TPSA) is 662 Å². The number of primary amides is 2. The van der Waals surface area contributed by atoms with Crippen LogP contribution in [0.25, 0.3) is 0 Å². The second-order valence-electron chi connectivity index (χ2n) is 36.7. The van der Waals surface area contributed by atoms with E-state index in [0.717, 1.165) is 0 Å². The van der Waals surface area contributed by atoms with Gasteiger partial charge in [-0.3, -0.25) is 91.7 Å². The maximum absolute atomic E-state index is 15.0. The Bertz CT molecular complexity index is 4460. The zero-order valence-corrected chi connectivity index (χ0v) is 79.0. The third-order valence-electron chi connectivity index (χ3n) is 24.8. The minimum absolute atomic E-state index is 0.0119. The lowest BCUT2D eigenvalue weighted by Gasteiger charge is -2.33. The summed E-state index contributed by atoms with van der Waals surface area (Å²) in [6, 6.07) is -4.41. The SMILES string of the molecule is CC[C@H](C)[C@H](NC(=O)[C@@H](NC(=O)[C@@H]1CCCN1C(=O)[C@H](Cc1ccccc1)NC(=O)[C@@H]1CCCN1C(=O)CNC(=O)[C@H](CCCNC(=N)N)NC(=O)[C@@H](NC(=O)[C@@H]1CCCN1C(=O)CNC(=O)[C@H](CC(C)C)NC(=O)[C@@H](NC(=O)[C@@H]1CCCN1C(=O)[C@H](CCC(N)=O)NC(=O)[C@H](CCC(N)=O)NC(=O)[C@@H](N)Cc1ccc(O)cc1)C(C)C)C(C)C)[C@@H](C)CC)C(=O)N[C@H](C(=O)O)C(C)C. The number of nitrogens with one attached hydrogen (secondary N) is 14. The van der Waals surface area contributed by atoms with Gasteiger partial charge in [0.25, 0.3) is 0 Å². The molecule has 0 saturated carbocycles. The van der Waals surface area contributed by atoms with Crippen LogP contribution in [0.5, 0.6) is 5.75 Å². The van der Waals surface area contributed by atoms with Crippen molar-refractivity contribution >= 4 is 118 Å². The van der Waals surface area contributed by atoms with E-state index in [0.29, 0.717) is 43.2 Å². The Morgan fingerprint density at radius 2 is 0.776 bits per heavy atom. The third-order valence-corrected chi connectivity index (χ3v) is 24.8. The molecule has 17 atom stereocenters. The van der Waals surface area contributed by atoms with E-state index in [2.05, 4.69) is 69.1 Å². The molecule has 134 heavy (non-hydrogen) atoms. The van der Waals surface area contributed by atoms with Crippen LogP contribution in [0.15, 0.2) is 54.6 Å². The van der Waals surface area contributed by atoms with Crippen molar-refractivity contribution in [3.8, 4) is 5.75 Å². The van der Waals surface area contributed by atoms with Gasteiger partial charge in [-0.15, -0.1) is 0 Å². The van der Waals surface area contributed by atoms with Crippen molar-refractivity contribution in [3.05, 3.63) is 65.7 Å². The minimum Gasteiger partial charge on any atom is -0.508 e. The molecular weight excluding hydrogens is 1740 g/mol. The first-order valence-electron chi connectivity index (χ1n) is 46.5. The minimum atomic E-state index is -1.51. The smallest absolute Gasteiger partial charge is 0.326 e. The van der Waals surface area contributed by atoms with Crippen molar-refractivity contribution in [1.29, 1.82) is 5.41 Å². The molecule has 43 nitrogen and oxygen atoms in total. The zero-order chi connectivity index (χ0) is 99.7. The Morgan fingerprint density at radius 1 is 0.403 bits per heavy atom. The van der Waals surface area contributed by atoms with E-state index in [-0.39, 0.29) is 134 Å². The number of guanidine groups is 1. The molecule has 0 bridgehead atoms. The van der Waals surface area contributed by atoms with Gasteiger partial charge < -0.3 is 122 Å². The molecule has 0 spiro atoms. The van der Waals surface area contributed by atoms with Gasteiger partial charge in [0.2, 0.25) is 106 Å². The first-order valence-corrected chi connectivity index (χ1v) is 46.5. The first kappa shape index (κ1) is 110. The molecule has 43 heteroatoms. The summed E-state index contributed by atoms with van der Waals surface area (Å²) in [4.78, 5) is 270. The Hall–Kier alpha value is -12.6.